The van der Waals surface area contributed by atoms with Gasteiger partial charge in [-0.05, 0) is 44.5 Å². The van der Waals surface area contributed by atoms with E-state index in [2.05, 4.69) is 24.1 Å². The molecule has 0 aliphatic carbocycles. The minimum absolute atomic E-state index is 0.0540. The maximum Gasteiger partial charge on any atom is 0.237 e. The van der Waals surface area contributed by atoms with Crippen LogP contribution in [0.2, 0.25) is 0 Å². The van der Waals surface area contributed by atoms with Crippen LogP contribution in [0.25, 0.3) is 0 Å². The van der Waals surface area contributed by atoms with Crippen molar-refractivity contribution < 1.29 is 4.79 Å². The molecule has 0 radical (unpaired) electrons. The Kier molecular flexibility index (Phi) is 8.71. The third kappa shape index (κ3) is 7.25. The smallest absolute Gasteiger partial charge is 0.237 e. The van der Waals surface area contributed by atoms with Gasteiger partial charge in [0.05, 0.1) is 6.04 Å². The molecule has 1 aromatic carbocycles. The van der Waals surface area contributed by atoms with Gasteiger partial charge in [-0.2, -0.15) is 0 Å². The van der Waals surface area contributed by atoms with Crippen LogP contribution in [0.15, 0.2) is 30.3 Å². The van der Waals surface area contributed by atoms with Crippen LogP contribution in [0.1, 0.15) is 32.3 Å². The number of hydrogen-bond donors (Lipinski definition) is 2. The number of nitrogens with zero attached hydrogens (tertiary/aromatic N) is 1. The zero-order valence-electron chi connectivity index (χ0n) is 13.3. The van der Waals surface area contributed by atoms with E-state index in [-0.39, 0.29) is 5.91 Å². The van der Waals surface area contributed by atoms with Crippen LogP contribution in [-0.4, -0.2) is 43.0 Å². The molecule has 0 aliphatic heterocycles. The van der Waals surface area contributed by atoms with E-state index < -0.39 is 6.04 Å². The fourth-order valence-corrected chi connectivity index (χ4v) is 2.30. The molecule has 0 spiro atoms. The number of nitrogens with one attached hydrogen (secondary N) is 1. The predicted molar refractivity (Wildman–Crippen MR) is 88.2 cm³/mol. The summed E-state index contributed by atoms with van der Waals surface area (Å²) in [6.07, 6.45) is 2.70. The van der Waals surface area contributed by atoms with Gasteiger partial charge in [0.15, 0.2) is 0 Å². The number of amides is 1. The summed E-state index contributed by atoms with van der Waals surface area (Å²) >= 11 is 0. The first kappa shape index (κ1) is 17.7. The topological polar surface area (TPSA) is 58.4 Å². The molecule has 0 bridgehead atoms. The number of rotatable bonds is 10. The van der Waals surface area contributed by atoms with E-state index in [1.807, 2.05) is 30.3 Å². The van der Waals surface area contributed by atoms with Crippen LogP contribution in [-0.2, 0) is 11.2 Å². The average molecular weight is 291 g/mol. The second kappa shape index (κ2) is 10.4. The number of hydrogen-bond acceptors (Lipinski definition) is 3. The van der Waals surface area contributed by atoms with Gasteiger partial charge in [-0.15, -0.1) is 0 Å². The second-order valence-corrected chi connectivity index (χ2v) is 5.32. The predicted octanol–water partition coefficient (Wildman–Crippen LogP) is 1.79. The Labute approximate surface area is 128 Å². The lowest BCUT2D eigenvalue weighted by Crippen LogP contribution is -2.42. The average Bonchev–Trinajstić information content (AvgIpc) is 2.51. The molecule has 1 rings (SSSR count). The Hall–Kier alpha value is -1.39. The molecular formula is C17H29N3O. The van der Waals surface area contributed by atoms with Crippen molar-refractivity contribution in [3.8, 4) is 0 Å². The van der Waals surface area contributed by atoms with Gasteiger partial charge in [0.1, 0.15) is 0 Å². The van der Waals surface area contributed by atoms with Crippen molar-refractivity contribution >= 4 is 5.91 Å². The lowest BCUT2D eigenvalue weighted by atomic mass is 10.1. The van der Waals surface area contributed by atoms with Crippen molar-refractivity contribution in [1.29, 1.82) is 0 Å². The molecule has 0 saturated heterocycles. The summed E-state index contributed by atoms with van der Waals surface area (Å²) in [7, 11) is 0. The Morgan fingerprint density at radius 1 is 1.19 bits per heavy atom. The number of benzene rings is 1. The summed E-state index contributed by atoms with van der Waals surface area (Å²) in [4.78, 5) is 14.3. The highest BCUT2D eigenvalue weighted by Gasteiger charge is 2.13. The number of unbranched alkanes of at least 4 members (excludes halogenated alkanes) is 1. The largest absolute Gasteiger partial charge is 0.355 e. The van der Waals surface area contributed by atoms with Crippen LogP contribution >= 0.6 is 0 Å². The quantitative estimate of drug-likeness (QED) is 0.646. The summed E-state index contributed by atoms with van der Waals surface area (Å²) in [6.45, 7) is 8.33. The molecule has 1 atom stereocenters. The molecule has 0 aromatic heterocycles. The molecule has 118 valence electrons. The molecule has 0 aliphatic rings. The van der Waals surface area contributed by atoms with E-state index in [1.165, 1.54) is 0 Å². The van der Waals surface area contributed by atoms with E-state index in [4.69, 9.17) is 5.73 Å². The monoisotopic (exact) mass is 291 g/mol. The zero-order chi connectivity index (χ0) is 15.5. The first-order valence-electron chi connectivity index (χ1n) is 7.97. The molecule has 4 nitrogen and oxygen atoms in total. The van der Waals surface area contributed by atoms with Crippen molar-refractivity contribution in [2.24, 2.45) is 5.73 Å². The van der Waals surface area contributed by atoms with E-state index in [1.54, 1.807) is 0 Å². The van der Waals surface area contributed by atoms with Gasteiger partial charge < -0.3 is 16.0 Å². The maximum absolute atomic E-state index is 11.9. The Morgan fingerprint density at radius 3 is 2.48 bits per heavy atom. The van der Waals surface area contributed by atoms with Gasteiger partial charge >= 0.3 is 0 Å². The van der Waals surface area contributed by atoms with E-state index in [9.17, 15) is 4.79 Å². The Bertz CT molecular complexity index is 390. The molecule has 21 heavy (non-hydrogen) atoms. The highest BCUT2D eigenvalue weighted by molar-refractivity contribution is 5.81. The van der Waals surface area contributed by atoms with E-state index in [0.717, 1.165) is 38.0 Å². The van der Waals surface area contributed by atoms with Gasteiger partial charge in [-0.1, -0.05) is 44.2 Å². The summed E-state index contributed by atoms with van der Waals surface area (Å²) in [5.41, 5.74) is 7.03. The first-order valence-corrected chi connectivity index (χ1v) is 7.97. The molecule has 4 heteroatoms. The van der Waals surface area contributed by atoms with Crippen molar-refractivity contribution in [1.82, 2.24) is 10.2 Å². The first-order chi connectivity index (χ1) is 10.2. The number of carbonyl (C=O) groups excluding carboxylic acids is 1. The van der Waals surface area contributed by atoms with Crippen LogP contribution in [0.5, 0.6) is 0 Å². The van der Waals surface area contributed by atoms with Crippen LogP contribution in [0.3, 0.4) is 0 Å². The van der Waals surface area contributed by atoms with E-state index in [0.29, 0.717) is 13.0 Å². The van der Waals surface area contributed by atoms with Gasteiger partial charge in [-0.25, -0.2) is 0 Å². The molecule has 0 saturated carbocycles. The van der Waals surface area contributed by atoms with Crippen LogP contribution < -0.4 is 11.1 Å². The Morgan fingerprint density at radius 2 is 1.86 bits per heavy atom. The fraction of sp³-hybridized carbons (Fsp3) is 0.588. The number of nitrogens with two attached hydrogens (primary N) is 1. The third-order valence-electron chi connectivity index (χ3n) is 3.73. The summed E-state index contributed by atoms with van der Waals surface area (Å²) < 4.78 is 0. The lowest BCUT2D eigenvalue weighted by Gasteiger charge is -2.17. The minimum atomic E-state index is -0.463. The normalized spacial score (nSPS) is 12.4. The highest BCUT2D eigenvalue weighted by atomic mass is 16.2. The molecule has 1 amide bonds. The second-order valence-electron chi connectivity index (χ2n) is 5.32. The molecule has 1 aromatic rings. The molecule has 0 heterocycles. The highest BCUT2D eigenvalue weighted by Crippen LogP contribution is 2.02. The molecular weight excluding hydrogens is 262 g/mol. The van der Waals surface area contributed by atoms with Gasteiger partial charge in [0.25, 0.3) is 0 Å². The third-order valence-corrected chi connectivity index (χ3v) is 3.73. The van der Waals surface area contributed by atoms with Crippen LogP contribution in [0.4, 0.5) is 0 Å². The number of carbonyl (C=O) groups is 1. The standard InChI is InChI=1S/C17H29N3O/c1-3-20(4-2)13-9-8-12-19-17(21)16(18)14-15-10-6-5-7-11-15/h5-7,10-11,16H,3-4,8-9,12-14,18H2,1-2H3,(H,19,21)/t16-/m0/s1. The minimum Gasteiger partial charge on any atom is -0.355 e. The fourth-order valence-electron chi connectivity index (χ4n) is 2.30. The maximum atomic E-state index is 11.9. The van der Waals surface area contributed by atoms with Crippen molar-refractivity contribution in [3.05, 3.63) is 35.9 Å². The molecule has 3 N–H and O–H groups in total. The lowest BCUT2D eigenvalue weighted by molar-refractivity contribution is -0.122. The zero-order valence-corrected chi connectivity index (χ0v) is 13.3. The van der Waals surface area contributed by atoms with Crippen molar-refractivity contribution in [3.63, 3.8) is 0 Å². The van der Waals surface area contributed by atoms with Gasteiger partial charge in [-0.3, -0.25) is 4.79 Å². The van der Waals surface area contributed by atoms with Gasteiger partial charge in [0, 0.05) is 6.54 Å². The Balaban J connectivity index is 2.15. The van der Waals surface area contributed by atoms with Crippen molar-refractivity contribution in [2.45, 2.75) is 39.2 Å². The molecule has 0 unspecified atom stereocenters. The molecule has 0 fully saturated rings. The summed E-state index contributed by atoms with van der Waals surface area (Å²) in [5, 5.41) is 2.93. The van der Waals surface area contributed by atoms with Crippen molar-refractivity contribution in [2.75, 3.05) is 26.2 Å². The van der Waals surface area contributed by atoms with Crippen LogP contribution in [0, 0.1) is 0 Å². The van der Waals surface area contributed by atoms with Gasteiger partial charge in [0.2, 0.25) is 5.91 Å². The summed E-state index contributed by atoms with van der Waals surface area (Å²) in [5.74, 6) is -0.0540. The van der Waals surface area contributed by atoms with E-state index >= 15 is 0 Å². The summed E-state index contributed by atoms with van der Waals surface area (Å²) in [6, 6.07) is 9.43. The SMILES string of the molecule is CCN(CC)CCCCNC(=O)[C@@H](N)Cc1ccccc1.